The van der Waals surface area contributed by atoms with E-state index in [1.807, 2.05) is 13.8 Å². The van der Waals surface area contributed by atoms with Crippen molar-refractivity contribution in [2.75, 3.05) is 45.4 Å². The van der Waals surface area contributed by atoms with E-state index in [2.05, 4.69) is 49.2 Å². The average molecular weight is 1500 g/mol. The second kappa shape index (κ2) is 36.0. The summed E-state index contributed by atoms with van der Waals surface area (Å²) in [6.45, 7) is 35.8. The third kappa shape index (κ3) is 23.2. The zero-order valence-corrected chi connectivity index (χ0v) is 67.3. The van der Waals surface area contributed by atoms with Crippen molar-refractivity contribution in [3.8, 4) is 0 Å². The smallest absolute Gasteiger partial charge is 0.312 e. The molecule has 8 rings (SSSR count). The van der Waals surface area contributed by atoms with Crippen LogP contribution < -0.4 is 0 Å². The second-order valence-electron chi connectivity index (χ2n) is 35.8. The van der Waals surface area contributed by atoms with E-state index in [4.69, 9.17) is 37.9 Å². The lowest BCUT2D eigenvalue weighted by Gasteiger charge is -2.42. The van der Waals surface area contributed by atoms with Gasteiger partial charge in [-0.15, -0.1) is 6.58 Å². The van der Waals surface area contributed by atoms with Crippen molar-refractivity contribution in [2.45, 2.75) is 275 Å². The van der Waals surface area contributed by atoms with Gasteiger partial charge in [-0.05, 0) is 279 Å². The first-order valence-electron chi connectivity index (χ1n) is 37.8. The number of nitrogens with one attached hydrogen (secondary N) is 3. The van der Waals surface area contributed by atoms with Crippen LogP contribution in [0.3, 0.4) is 0 Å². The second-order valence-corrected chi connectivity index (χ2v) is 37.3. The summed E-state index contributed by atoms with van der Waals surface area (Å²) >= 11 is 6.08. The summed E-state index contributed by atoms with van der Waals surface area (Å²) in [7, 11) is 0. The number of hydrogen-bond acceptors (Lipinski definition) is 21. The Kier molecular flexibility index (Phi) is 30.2. The highest BCUT2D eigenvalue weighted by Gasteiger charge is 2.60. The number of thioether (sulfide) groups is 1. The van der Waals surface area contributed by atoms with Crippen molar-refractivity contribution in [3.63, 3.8) is 0 Å². The summed E-state index contributed by atoms with van der Waals surface area (Å²) in [5.41, 5.74) is -11.9. The molecule has 104 heavy (non-hydrogen) atoms. The molecule has 588 valence electrons. The topological polar surface area (TPSA) is 337 Å². The van der Waals surface area contributed by atoms with E-state index in [0.29, 0.717) is 66.3 Å². The molecule has 6 aliphatic carbocycles. The minimum absolute atomic E-state index is 0.00238. The summed E-state index contributed by atoms with van der Waals surface area (Å²) in [6, 6.07) is 0. The fourth-order valence-electron chi connectivity index (χ4n) is 18.6. The van der Waals surface area contributed by atoms with E-state index in [1.165, 1.54) is 62.9 Å². The molecule has 0 saturated heterocycles. The molecule has 0 aliphatic heterocycles. The van der Waals surface area contributed by atoms with Crippen LogP contribution in [0.25, 0.3) is 0 Å². The molecule has 2 aromatic rings. The maximum atomic E-state index is 14.1. The summed E-state index contributed by atoms with van der Waals surface area (Å²) < 4.78 is 47.0. The van der Waals surface area contributed by atoms with Gasteiger partial charge in [0.1, 0.15) is 49.3 Å². The molecule has 4 bridgehead atoms. The molecule has 0 aromatic carbocycles. The van der Waals surface area contributed by atoms with Crippen molar-refractivity contribution in [3.05, 3.63) is 30.1 Å². The van der Waals surface area contributed by atoms with E-state index in [1.54, 1.807) is 117 Å². The lowest BCUT2D eigenvalue weighted by molar-refractivity contribution is -0.178. The summed E-state index contributed by atoms with van der Waals surface area (Å²) in [5.74, 6) is 0.339. The number of rotatable bonds is 37. The van der Waals surface area contributed by atoms with E-state index in [-0.39, 0.29) is 89.1 Å². The van der Waals surface area contributed by atoms with Crippen molar-refractivity contribution >= 4 is 71.7 Å². The van der Waals surface area contributed by atoms with Gasteiger partial charge in [0, 0.05) is 12.4 Å². The number of aromatic nitrogens is 6. The number of aliphatic carboxylic acids is 2. The fraction of sp³-hybridized carbons (Fsp3) is 0.821. The van der Waals surface area contributed by atoms with Gasteiger partial charge in [-0.3, -0.25) is 53.7 Å². The molecule has 0 radical (unpaired) electrons. The highest BCUT2D eigenvalue weighted by atomic mass is 32.2. The fourth-order valence-corrected chi connectivity index (χ4v) is 19.4. The van der Waals surface area contributed by atoms with Crippen molar-refractivity contribution in [1.82, 2.24) is 30.4 Å². The molecule has 0 amide bonds. The Hall–Kier alpha value is -5.73. The van der Waals surface area contributed by atoms with Crippen LogP contribution in [0.4, 0.5) is 0 Å². The molecule has 24 nitrogen and oxygen atoms in total. The zero-order valence-electron chi connectivity index (χ0n) is 65.7. The van der Waals surface area contributed by atoms with Crippen LogP contribution in [-0.2, 0) is 76.3 Å². The van der Waals surface area contributed by atoms with E-state index in [0.717, 1.165) is 54.8 Å². The summed E-state index contributed by atoms with van der Waals surface area (Å²) in [4.78, 5) is 117. The van der Waals surface area contributed by atoms with Crippen LogP contribution in [0.15, 0.2) is 30.5 Å². The van der Waals surface area contributed by atoms with Crippen LogP contribution in [0.5, 0.6) is 0 Å². The Morgan fingerprint density at radius 2 is 0.952 bits per heavy atom. The quantitative estimate of drug-likeness (QED) is 0.0105. The molecule has 16 unspecified atom stereocenters. The Morgan fingerprint density at radius 1 is 0.529 bits per heavy atom. The van der Waals surface area contributed by atoms with Crippen molar-refractivity contribution < 1.29 is 86.5 Å². The van der Waals surface area contributed by atoms with Gasteiger partial charge in [-0.25, -0.2) is 9.97 Å². The van der Waals surface area contributed by atoms with Gasteiger partial charge in [0.15, 0.2) is 5.16 Å². The van der Waals surface area contributed by atoms with Crippen LogP contribution >= 0.6 is 24.0 Å². The average Bonchev–Trinajstić information content (AvgIpc) is 1.50. The Morgan fingerprint density at radius 3 is 1.31 bits per heavy atom. The number of fused-ring (bicyclic) bond motifs is 10. The summed E-state index contributed by atoms with van der Waals surface area (Å²) in [5, 5.41) is 33.9. The first-order chi connectivity index (χ1) is 48.3. The normalized spacial score (nSPS) is 25.9. The van der Waals surface area contributed by atoms with Crippen LogP contribution in [-0.4, -0.2) is 157 Å². The van der Waals surface area contributed by atoms with Gasteiger partial charge in [0.05, 0.1) is 63.1 Å². The Bertz CT molecular complexity index is 3270. The predicted molar refractivity (Wildman–Crippen MR) is 395 cm³/mol. The maximum absolute atomic E-state index is 14.1. The van der Waals surface area contributed by atoms with Gasteiger partial charge < -0.3 is 48.1 Å². The van der Waals surface area contributed by atoms with Crippen LogP contribution in [0, 0.1) is 95.4 Å². The number of hydrogen-bond donors (Lipinski definition) is 5. The number of H-pyrrole nitrogens is 3. The van der Waals surface area contributed by atoms with Gasteiger partial charge >= 0.3 is 47.8 Å². The molecule has 5 N–H and O–H groups in total. The highest BCUT2D eigenvalue weighted by molar-refractivity contribution is 7.99. The molecular weight excluding hydrogens is 1370 g/mol. The number of carboxylic acids is 2. The van der Waals surface area contributed by atoms with Crippen LogP contribution in [0.2, 0.25) is 0 Å². The molecule has 2 aromatic heterocycles. The molecule has 6 aliphatic rings. The molecule has 2 heterocycles. The third-order valence-electron chi connectivity index (χ3n) is 23.2. The molecule has 26 heteroatoms. The molecule has 16 atom stereocenters. The maximum Gasteiger partial charge on any atom is 0.312 e. The number of carbonyl (C=O) groups is 8. The predicted octanol–water partition coefficient (Wildman–Crippen LogP) is 14.9. The molecular formula is C78H126N6O18S2. The van der Waals surface area contributed by atoms with Crippen molar-refractivity contribution in [2.24, 2.45) is 90.7 Å². The third-order valence-corrected chi connectivity index (χ3v) is 24.3. The number of carbonyl (C=O) groups excluding carboxylic acids is 6. The number of carboxylic acid groups (broad SMARTS) is 2. The minimum Gasteiger partial charge on any atom is -0.481 e. The summed E-state index contributed by atoms with van der Waals surface area (Å²) in [6.07, 6.45) is 16.8. The minimum atomic E-state index is -1.55. The van der Waals surface area contributed by atoms with Gasteiger partial charge in [0.25, 0.3) is 0 Å². The Labute approximate surface area is 626 Å². The van der Waals surface area contributed by atoms with Gasteiger partial charge in [0.2, 0.25) is 4.77 Å². The van der Waals surface area contributed by atoms with Crippen LogP contribution in [0.1, 0.15) is 247 Å². The SMILES string of the molecule is C=CCOCCOC(=O)C(C)(CC(C)(C)C(=O)OC1CC2CC1C1CCCC21)CC(C)(CC(C)(CC)C(=O)OC(C)(C)C)C(=O)O.CCC(C)(CC(C)(CC(C)(CC(C)(C)C(=O)OC1CC2CC1C1CCCC21)C(=O)OCCOCCCSc1ncn[nH]1)C(=O)O)C(=O)OC(C)(C)C.S=c1nc[nH][nH]1. The lowest BCUT2D eigenvalue weighted by atomic mass is 9.61. The first-order valence-corrected chi connectivity index (χ1v) is 39.2. The van der Waals surface area contributed by atoms with E-state index < -0.39 is 90.3 Å². The monoisotopic (exact) mass is 1500 g/mol. The standard InChI is InChI=1S/C39H63N3O9S.C37H60O9.C2H3N3S/c1-10-37(7,33(47)51-35(2,3)4)22-38(8,30(43)44)23-39(9,32(46)49-17-16-48-15-12-18-52-34-40-24-41-42-34)21-36(5,6)31(45)50-29-20-25-19-28(29)27-14-11-13-26(25)27;1-11-16-43-17-18-44-31(41)37(10,23-36(9,29(38)39)22-35(8,12-2)32(42)46-33(3,4)5)21-34(6,7)30(40)45-28-20-24-19-27(28)26-15-13-14-25(24)26;6-2-3-1-4-5-2/h24-29H,10-23H2,1-9H3,(H,43,44)(H,40,41,42);11,24-28H,1,12-23H2,2-10H3,(H,38,39);1H,(H2,3,4,5,6). The molecule has 6 fully saturated rings. The zero-order chi connectivity index (χ0) is 77.7. The number of aromatic amines is 3. The first kappa shape index (κ1) is 87.2. The molecule has 0 spiro atoms. The lowest BCUT2D eigenvalue weighted by Crippen LogP contribution is -2.47. The number of nitrogens with zero attached hydrogens (tertiary/aromatic N) is 3. The highest BCUT2D eigenvalue weighted by Crippen LogP contribution is 2.62. The van der Waals surface area contributed by atoms with Gasteiger partial charge in [-0.1, -0.05) is 44.5 Å². The number of esters is 6. The van der Waals surface area contributed by atoms with Gasteiger partial charge in [-0.2, -0.15) is 5.10 Å². The largest absolute Gasteiger partial charge is 0.481 e. The van der Waals surface area contributed by atoms with E-state index in [9.17, 15) is 48.6 Å². The molecule has 6 saturated carbocycles. The number of ether oxygens (including phenoxy) is 8. The van der Waals surface area contributed by atoms with E-state index >= 15 is 0 Å². The van der Waals surface area contributed by atoms with Crippen molar-refractivity contribution in [1.29, 1.82) is 0 Å². The Balaban J connectivity index is 0.000000303.